The number of unbranched alkanes of at least 4 members (excludes halogenated alkanes) is 1. The molecule has 0 heterocycles. The van der Waals surface area contributed by atoms with E-state index in [-0.39, 0.29) is 0 Å². The summed E-state index contributed by atoms with van der Waals surface area (Å²) < 4.78 is 0. The molecule has 1 rings (SSSR count). The maximum Gasteiger partial charge on any atom is 0.0124 e. The molecule has 2 atom stereocenters. The third-order valence-electron chi connectivity index (χ3n) is 2.99. The van der Waals surface area contributed by atoms with E-state index in [4.69, 9.17) is 5.73 Å². The van der Waals surface area contributed by atoms with Crippen LogP contribution in [0.15, 0.2) is 0 Å². The first-order valence-electron chi connectivity index (χ1n) is 5.51. The summed E-state index contributed by atoms with van der Waals surface area (Å²) in [6.07, 6.45) is 5.04. The minimum atomic E-state index is 0.373. The Hall–Kier alpha value is -0.0800. The van der Waals surface area contributed by atoms with Crippen molar-refractivity contribution in [3.63, 3.8) is 0 Å². The highest BCUT2D eigenvalue weighted by Crippen LogP contribution is 2.44. The van der Waals surface area contributed by atoms with Gasteiger partial charge in [0, 0.05) is 12.1 Å². The summed E-state index contributed by atoms with van der Waals surface area (Å²) in [6.45, 7) is 7.90. The summed E-state index contributed by atoms with van der Waals surface area (Å²) in [6, 6.07) is 1.15. The summed E-state index contributed by atoms with van der Waals surface area (Å²) in [7, 11) is 0. The largest absolute Gasteiger partial charge is 0.328 e. The van der Waals surface area contributed by atoms with Crippen LogP contribution in [0, 0.1) is 5.41 Å². The second-order valence-electron chi connectivity index (χ2n) is 5.17. The van der Waals surface area contributed by atoms with Crippen molar-refractivity contribution in [1.29, 1.82) is 0 Å². The van der Waals surface area contributed by atoms with Gasteiger partial charge in [-0.05, 0) is 38.1 Å². The molecule has 78 valence electrons. The highest BCUT2D eigenvalue weighted by atomic mass is 15.0. The van der Waals surface area contributed by atoms with Crippen LogP contribution in [0.5, 0.6) is 0 Å². The Morgan fingerprint density at radius 3 is 2.54 bits per heavy atom. The molecule has 1 fully saturated rings. The molecule has 0 radical (unpaired) electrons. The molecule has 0 aromatic rings. The highest BCUT2D eigenvalue weighted by Gasteiger charge is 2.44. The molecule has 1 saturated carbocycles. The van der Waals surface area contributed by atoms with Gasteiger partial charge in [-0.1, -0.05) is 20.3 Å². The van der Waals surface area contributed by atoms with Gasteiger partial charge in [-0.3, -0.25) is 0 Å². The fourth-order valence-electron chi connectivity index (χ4n) is 1.68. The third-order valence-corrected chi connectivity index (χ3v) is 2.99. The van der Waals surface area contributed by atoms with Crippen molar-refractivity contribution < 1.29 is 0 Å². The van der Waals surface area contributed by atoms with Gasteiger partial charge in [-0.25, -0.2) is 0 Å². The first kappa shape index (κ1) is 11.0. The summed E-state index contributed by atoms with van der Waals surface area (Å²) in [4.78, 5) is 0. The van der Waals surface area contributed by atoms with Crippen molar-refractivity contribution in [2.45, 2.75) is 58.5 Å². The van der Waals surface area contributed by atoms with E-state index in [0.29, 0.717) is 11.5 Å². The molecular weight excluding hydrogens is 160 g/mol. The van der Waals surface area contributed by atoms with Crippen molar-refractivity contribution in [3.8, 4) is 0 Å². The predicted molar refractivity (Wildman–Crippen MR) is 57.7 cm³/mol. The van der Waals surface area contributed by atoms with Gasteiger partial charge in [0.05, 0.1) is 0 Å². The molecule has 3 N–H and O–H groups in total. The van der Waals surface area contributed by atoms with E-state index < -0.39 is 0 Å². The Morgan fingerprint density at radius 1 is 1.46 bits per heavy atom. The molecule has 2 heteroatoms. The van der Waals surface area contributed by atoms with Gasteiger partial charge < -0.3 is 11.1 Å². The first-order valence-corrected chi connectivity index (χ1v) is 5.51. The minimum Gasteiger partial charge on any atom is -0.328 e. The average molecular weight is 184 g/mol. The molecule has 0 saturated heterocycles. The fourth-order valence-corrected chi connectivity index (χ4v) is 1.68. The second kappa shape index (κ2) is 4.43. The molecule has 2 nitrogen and oxygen atoms in total. The van der Waals surface area contributed by atoms with Crippen LogP contribution in [0.25, 0.3) is 0 Å². The number of nitrogens with two attached hydrogens (primary N) is 1. The molecule has 2 unspecified atom stereocenters. The quantitative estimate of drug-likeness (QED) is 0.619. The van der Waals surface area contributed by atoms with Gasteiger partial charge in [0.2, 0.25) is 0 Å². The lowest BCUT2D eigenvalue weighted by Crippen LogP contribution is -2.22. The molecular formula is C11H24N2. The van der Waals surface area contributed by atoms with Gasteiger partial charge in [0.1, 0.15) is 0 Å². The van der Waals surface area contributed by atoms with Crippen LogP contribution < -0.4 is 11.1 Å². The van der Waals surface area contributed by atoms with E-state index in [1.807, 2.05) is 0 Å². The van der Waals surface area contributed by atoms with Crippen molar-refractivity contribution in [3.05, 3.63) is 0 Å². The maximum atomic E-state index is 5.67. The smallest absolute Gasteiger partial charge is 0.0124 e. The Morgan fingerprint density at radius 2 is 2.08 bits per heavy atom. The number of hydrogen-bond acceptors (Lipinski definition) is 2. The van der Waals surface area contributed by atoms with Crippen molar-refractivity contribution >= 4 is 0 Å². The van der Waals surface area contributed by atoms with E-state index in [1.54, 1.807) is 0 Å². The van der Waals surface area contributed by atoms with E-state index in [0.717, 1.165) is 12.5 Å². The lowest BCUT2D eigenvalue weighted by Gasteiger charge is -2.07. The molecule has 0 aromatic heterocycles. The predicted octanol–water partition coefficient (Wildman–Crippen LogP) is 1.89. The average Bonchev–Trinajstić information content (AvgIpc) is 2.58. The van der Waals surface area contributed by atoms with Gasteiger partial charge >= 0.3 is 0 Å². The van der Waals surface area contributed by atoms with Crippen LogP contribution in [-0.4, -0.2) is 18.6 Å². The Bertz CT molecular complexity index is 152. The van der Waals surface area contributed by atoms with E-state index in [9.17, 15) is 0 Å². The fraction of sp³-hybridized carbons (Fsp3) is 1.00. The zero-order valence-corrected chi connectivity index (χ0v) is 9.27. The number of hydrogen-bond donors (Lipinski definition) is 2. The van der Waals surface area contributed by atoms with Crippen molar-refractivity contribution in [2.24, 2.45) is 11.1 Å². The zero-order chi connectivity index (χ0) is 9.90. The minimum absolute atomic E-state index is 0.373. The van der Waals surface area contributed by atoms with Crippen LogP contribution in [0.2, 0.25) is 0 Å². The van der Waals surface area contributed by atoms with Crippen molar-refractivity contribution in [2.75, 3.05) is 6.54 Å². The van der Waals surface area contributed by atoms with E-state index >= 15 is 0 Å². The Balaban J connectivity index is 1.86. The van der Waals surface area contributed by atoms with Crippen LogP contribution in [0.4, 0.5) is 0 Å². The lowest BCUT2D eigenvalue weighted by molar-refractivity contribution is 0.514. The van der Waals surface area contributed by atoms with Crippen LogP contribution in [0.1, 0.15) is 46.5 Å². The summed E-state index contributed by atoms with van der Waals surface area (Å²) in [5.41, 5.74) is 6.24. The van der Waals surface area contributed by atoms with Crippen LogP contribution >= 0.6 is 0 Å². The topological polar surface area (TPSA) is 38.0 Å². The summed E-state index contributed by atoms with van der Waals surface area (Å²) in [5, 5.41) is 3.58. The monoisotopic (exact) mass is 184 g/mol. The molecule has 0 spiro atoms. The summed E-state index contributed by atoms with van der Waals surface area (Å²) >= 11 is 0. The molecule has 0 aromatic carbocycles. The first-order chi connectivity index (χ1) is 6.02. The van der Waals surface area contributed by atoms with Crippen molar-refractivity contribution in [1.82, 2.24) is 5.32 Å². The van der Waals surface area contributed by atoms with E-state index in [1.165, 1.54) is 25.8 Å². The molecule has 0 aliphatic heterocycles. The Labute approximate surface area is 82.3 Å². The zero-order valence-electron chi connectivity index (χ0n) is 9.27. The van der Waals surface area contributed by atoms with Crippen LogP contribution in [-0.2, 0) is 0 Å². The molecule has 1 aliphatic rings. The summed E-state index contributed by atoms with van der Waals surface area (Å²) in [5.74, 6) is 0. The standard InChI is InChI=1S/C11H24N2/c1-9(12)6-4-5-7-13-10-8-11(10,2)3/h9-10,13H,4-8,12H2,1-3H3. The lowest BCUT2D eigenvalue weighted by atomic mass is 10.1. The van der Waals surface area contributed by atoms with Crippen LogP contribution in [0.3, 0.4) is 0 Å². The van der Waals surface area contributed by atoms with Gasteiger partial charge in [0.25, 0.3) is 0 Å². The third kappa shape index (κ3) is 4.10. The number of nitrogens with one attached hydrogen (secondary N) is 1. The number of rotatable bonds is 6. The normalized spacial score (nSPS) is 27.2. The van der Waals surface area contributed by atoms with Gasteiger partial charge in [-0.15, -0.1) is 0 Å². The molecule has 1 aliphatic carbocycles. The molecule has 0 amide bonds. The SMILES string of the molecule is CC(N)CCCCNC1CC1(C)C. The van der Waals surface area contributed by atoms with Gasteiger partial charge in [-0.2, -0.15) is 0 Å². The molecule has 0 bridgehead atoms. The van der Waals surface area contributed by atoms with Gasteiger partial charge in [0.15, 0.2) is 0 Å². The highest BCUT2D eigenvalue weighted by molar-refractivity contribution is 5.01. The van der Waals surface area contributed by atoms with E-state index in [2.05, 4.69) is 26.1 Å². The second-order valence-corrected chi connectivity index (χ2v) is 5.17. The maximum absolute atomic E-state index is 5.67. The molecule has 13 heavy (non-hydrogen) atoms. The Kier molecular flexibility index (Phi) is 3.74.